The molecule has 0 amide bonds. The fraction of sp³-hybridized carbons (Fsp3) is 0.533. The lowest BCUT2D eigenvalue weighted by molar-refractivity contribution is -0.486. The number of nitro groups is 1. The Balaban J connectivity index is 1.93. The summed E-state index contributed by atoms with van der Waals surface area (Å²) in [7, 11) is 0. The number of carboxylic acid groups (broad SMARTS) is 1. The molecular formula is C15H20ClN5O4. The first-order valence-corrected chi connectivity index (χ1v) is 8.38. The van der Waals surface area contributed by atoms with Gasteiger partial charge in [-0.1, -0.05) is 24.1 Å². The molecule has 25 heavy (non-hydrogen) atoms. The van der Waals surface area contributed by atoms with Crippen LogP contribution in [0, 0.1) is 10.1 Å². The predicted molar refractivity (Wildman–Crippen MR) is 91.8 cm³/mol. The van der Waals surface area contributed by atoms with Gasteiger partial charge in [-0.15, -0.1) is 0 Å². The van der Waals surface area contributed by atoms with Gasteiger partial charge in [-0.25, -0.2) is 15.1 Å². The van der Waals surface area contributed by atoms with Crippen LogP contribution in [-0.4, -0.2) is 56.5 Å². The van der Waals surface area contributed by atoms with E-state index in [9.17, 15) is 14.9 Å². The number of hydrogen-bond donors (Lipinski definition) is 1. The molecule has 0 bridgehead atoms. The van der Waals surface area contributed by atoms with E-state index in [4.69, 9.17) is 16.7 Å². The van der Waals surface area contributed by atoms with Crippen molar-refractivity contribution in [3.8, 4) is 0 Å². The number of nitrogens with zero attached hydrogens (tertiary/aromatic N) is 5. The lowest BCUT2D eigenvalue weighted by Crippen LogP contribution is -2.34. The molecule has 10 heteroatoms. The van der Waals surface area contributed by atoms with Gasteiger partial charge in [0, 0.05) is 38.8 Å². The molecule has 1 saturated heterocycles. The molecule has 0 saturated carbocycles. The molecule has 136 valence electrons. The molecular weight excluding hydrogens is 350 g/mol. The van der Waals surface area contributed by atoms with Crippen LogP contribution in [-0.2, 0) is 11.3 Å². The molecule has 0 aliphatic carbocycles. The summed E-state index contributed by atoms with van der Waals surface area (Å²) in [6.45, 7) is 2.35. The van der Waals surface area contributed by atoms with E-state index in [-0.39, 0.29) is 6.42 Å². The second-order valence-electron chi connectivity index (χ2n) is 5.74. The first-order chi connectivity index (χ1) is 12.0. The molecule has 0 radical (unpaired) electrons. The van der Waals surface area contributed by atoms with E-state index in [1.807, 2.05) is 15.9 Å². The van der Waals surface area contributed by atoms with Gasteiger partial charge in [0.1, 0.15) is 10.3 Å². The zero-order valence-electron chi connectivity index (χ0n) is 13.7. The minimum absolute atomic E-state index is 0.144. The third-order valence-corrected chi connectivity index (χ3v) is 4.08. The molecule has 0 unspecified atom stereocenters. The van der Waals surface area contributed by atoms with Gasteiger partial charge in [-0.3, -0.25) is 4.79 Å². The van der Waals surface area contributed by atoms with Gasteiger partial charge < -0.3 is 14.9 Å². The molecule has 1 fully saturated rings. The fourth-order valence-electron chi connectivity index (χ4n) is 2.68. The SMILES string of the molecule is O=C(O)CCCCCN1CCN(Cc2ccc(Cl)nc2)/C1=N/[N+](=O)[O-]. The topological polar surface area (TPSA) is 112 Å². The largest absolute Gasteiger partial charge is 0.481 e. The summed E-state index contributed by atoms with van der Waals surface area (Å²) in [5, 5.41) is 22.7. The number of carboxylic acids is 1. The number of guanidine groups is 1. The molecule has 1 aromatic heterocycles. The number of aliphatic carboxylic acids is 1. The first-order valence-electron chi connectivity index (χ1n) is 8.01. The van der Waals surface area contributed by atoms with E-state index in [0.29, 0.717) is 43.7 Å². The third-order valence-electron chi connectivity index (χ3n) is 3.86. The van der Waals surface area contributed by atoms with Crippen LogP contribution >= 0.6 is 11.6 Å². The summed E-state index contributed by atoms with van der Waals surface area (Å²) in [6.07, 6.45) is 3.91. The maximum Gasteiger partial charge on any atom is 0.303 e. The molecule has 1 aliphatic heterocycles. The quantitative estimate of drug-likeness (QED) is 0.307. The average Bonchev–Trinajstić information content (AvgIpc) is 2.90. The zero-order valence-corrected chi connectivity index (χ0v) is 14.4. The highest BCUT2D eigenvalue weighted by Gasteiger charge is 2.29. The van der Waals surface area contributed by atoms with Crippen molar-refractivity contribution in [2.45, 2.75) is 32.2 Å². The number of hydrogen-bond acceptors (Lipinski definition) is 4. The second-order valence-corrected chi connectivity index (χ2v) is 6.13. The van der Waals surface area contributed by atoms with Crippen molar-refractivity contribution in [1.29, 1.82) is 0 Å². The maximum atomic E-state index is 10.9. The van der Waals surface area contributed by atoms with Gasteiger partial charge in [-0.05, 0) is 24.5 Å². The molecule has 2 rings (SSSR count). The Bertz CT molecular complexity index is 637. The Hall–Kier alpha value is -2.42. The molecule has 0 spiro atoms. The summed E-state index contributed by atoms with van der Waals surface area (Å²) in [4.78, 5) is 29.1. The Kier molecular flexibility index (Phi) is 6.93. The number of hydrazone groups is 1. The van der Waals surface area contributed by atoms with E-state index in [1.54, 1.807) is 12.3 Å². The van der Waals surface area contributed by atoms with Crippen molar-refractivity contribution >= 4 is 23.5 Å². The van der Waals surface area contributed by atoms with E-state index < -0.39 is 11.0 Å². The summed E-state index contributed by atoms with van der Waals surface area (Å²) in [5.74, 6) is -0.474. The van der Waals surface area contributed by atoms with Crippen LogP contribution < -0.4 is 0 Å². The fourth-order valence-corrected chi connectivity index (χ4v) is 2.79. The standard InChI is InChI=1S/C15H20ClN5O4/c16-13-6-5-12(10-17-13)11-20-9-8-19(15(20)18-21(24)25)7-3-1-2-4-14(22)23/h5-6,10H,1-4,7-9,11H2,(H,22,23)/b18-15+. The van der Waals surface area contributed by atoms with Crippen molar-refractivity contribution in [1.82, 2.24) is 14.8 Å². The van der Waals surface area contributed by atoms with Gasteiger partial charge in [-0.2, -0.15) is 0 Å². The Morgan fingerprint density at radius 1 is 1.32 bits per heavy atom. The highest BCUT2D eigenvalue weighted by molar-refractivity contribution is 6.29. The molecule has 0 aromatic carbocycles. The zero-order chi connectivity index (χ0) is 18.2. The summed E-state index contributed by atoms with van der Waals surface area (Å²) in [6, 6.07) is 3.51. The second kappa shape index (κ2) is 9.16. The number of aromatic nitrogens is 1. The van der Waals surface area contributed by atoms with E-state index in [0.717, 1.165) is 18.4 Å². The van der Waals surface area contributed by atoms with E-state index in [1.165, 1.54) is 0 Å². The Morgan fingerprint density at radius 3 is 2.72 bits per heavy atom. The summed E-state index contributed by atoms with van der Waals surface area (Å²) < 4.78 is 0. The molecule has 9 nitrogen and oxygen atoms in total. The van der Waals surface area contributed by atoms with E-state index >= 15 is 0 Å². The summed E-state index contributed by atoms with van der Waals surface area (Å²) in [5.41, 5.74) is 0.892. The highest BCUT2D eigenvalue weighted by atomic mass is 35.5. The molecule has 1 N–H and O–H groups in total. The van der Waals surface area contributed by atoms with Crippen LogP contribution in [0.25, 0.3) is 0 Å². The maximum absolute atomic E-state index is 10.9. The molecule has 0 atom stereocenters. The van der Waals surface area contributed by atoms with Crippen molar-refractivity contribution in [3.05, 3.63) is 39.2 Å². The number of halogens is 1. The normalized spacial score (nSPS) is 15.8. The number of pyridine rings is 1. The first kappa shape index (κ1) is 18.9. The molecule has 1 aromatic rings. The van der Waals surface area contributed by atoms with Crippen LogP contribution in [0.2, 0.25) is 5.15 Å². The van der Waals surface area contributed by atoms with Gasteiger partial charge in [0.25, 0.3) is 5.96 Å². The lowest BCUT2D eigenvalue weighted by Gasteiger charge is -2.20. The molecule has 1 aliphatic rings. The Morgan fingerprint density at radius 2 is 2.08 bits per heavy atom. The van der Waals surface area contributed by atoms with Crippen LogP contribution in [0.15, 0.2) is 23.4 Å². The van der Waals surface area contributed by atoms with E-state index in [2.05, 4.69) is 10.1 Å². The summed E-state index contributed by atoms with van der Waals surface area (Å²) >= 11 is 5.77. The third kappa shape index (κ3) is 6.18. The van der Waals surface area contributed by atoms with Crippen LogP contribution in [0.4, 0.5) is 0 Å². The molecule has 2 heterocycles. The van der Waals surface area contributed by atoms with Crippen LogP contribution in [0.3, 0.4) is 0 Å². The van der Waals surface area contributed by atoms with Crippen LogP contribution in [0.1, 0.15) is 31.2 Å². The average molecular weight is 370 g/mol. The van der Waals surface area contributed by atoms with Gasteiger partial charge in [0.05, 0.1) is 0 Å². The minimum atomic E-state index is -0.806. The smallest absolute Gasteiger partial charge is 0.303 e. The van der Waals surface area contributed by atoms with Gasteiger partial charge in [0.15, 0.2) is 5.03 Å². The Labute approximate surface area is 150 Å². The van der Waals surface area contributed by atoms with Crippen molar-refractivity contribution in [3.63, 3.8) is 0 Å². The number of unbranched alkanes of at least 4 members (excludes halogenated alkanes) is 2. The lowest BCUT2D eigenvalue weighted by atomic mass is 10.2. The predicted octanol–water partition coefficient (Wildman–Crippen LogP) is 2.05. The van der Waals surface area contributed by atoms with Gasteiger partial charge >= 0.3 is 5.97 Å². The number of rotatable bonds is 9. The van der Waals surface area contributed by atoms with Crippen LogP contribution in [0.5, 0.6) is 0 Å². The van der Waals surface area contributed by atoms with Gasteiger partial charge in [0.2, 0.25) is 0 Å². The van der Waals surface area contributed by atoms with Crippen molar-refractivity contribution < 1.29 is 14.9 Å². The monoisotopic (exact) mass is 369 g/mol. The minimum Gasteiger partial charge on any atom is -0.481 e. The highest BCUT2D eigenvalue weighted by Crippen LogP contribution is 2.16. The number of carbonyl (C=O) groups is 1. The van der Waals surface area contributed by atoms with Crippen molar-refractivity contribution in [2.24, 2.45) is 5.10 Å². The van der Waals surface area contributed by atoms with Crippen molar-refractivity contribution in [2.75, 3.05) is 19.6 Å².